The molecule has 4 fully saturated rings. The maximum absolute atomic E-state index is 12.5. The predicted molar refractivity (Wildman–Crippen MR) is 109 cm³/mol. The number of ether oxygens (including phenoxy) is 1. The van der Waals surface area contributed by atoms with Crippen molar-refractivity contribution in [2.24, 2.45) is 23.2 Å². The summed E-state index contributed by atoms with van der Waals surface area (Å²) in [6.07, 6.45) is 9.40. The molecule has 4 aliphatic carbocycles. The highest BCUT2D eigenvalue weighted by atomic mass is 16.5. The number of hydrogen-bond acceptors (Lipinski definition) is 2. The van der Waals surface area contributed by atoms with Crippen LogP contribution in [0, 0.1) is 23.2 Å². The highest BCUT2D eigenvalue weighted by molar-refractivity contribution is 5.77. The minimum absolute atomic E-state index is 0.0178. The van der Waals surface area contributed by atoms with E-state index in [9.17, 15) is 4.79 Å². The van der Waals surface area contributed by atoms with Crippen molar-refractivity contribution < 1.29 is 9.53 Å². The van der Waals surface area contributed by atoms with E-state index in [1.165, 1.54) is 44.1 Å². The van der Waals surface area contributed by atoms with Gasteiger partial charge < -0.3 is 10.1 Å². The molecule has 27 heavy (non-hydrogen) atoms. The fourth-order valence-corrected chi connectivity index (χ4v) is 6.42. The van der Waals surface area contributed by atoms with Crippen LogP contribution < -0.4 is 10.1 Å². The minimum Gasteiger partial charge on any atom is -0.484 e. The van der Waals surface area contributed by atoms with Crippen LogP contribution in [0.5, 0.6) is 5.75 Å². The third-order valence-electron chi connectivity index (χ3n) is 7.81. The van der Waals surface area contributed by atoms with Crippen molar-refractivity contribution in [3.8, 4) is 5.75 Å². The number of rotatable bonds is 7. The maximum Gasteiger partial charge on any atom is 0.258 e. The van der Waals surface area contributed by atoms with Gasteiger partial charge in [-0.1, -0.05) is 26.0 Å². The molecule has 0 unspecified atom stereocenters. The van der Waals surface area contributed by atoms with Crippen molar-refractivity contribution in [1.29, 1.82) is 0 Å². The van der Waals surface area contributed by atoms with Crippen LogP contribution >= 0.6 is 0 Å². The molecule has 3 heteroatoms. The zero-order chi connectivity index (χ0) is 19.0. The molecule has 4 aliphatic rings. The second-order valence-corrected chi connectivity index (χ2v) is 9.74. The van der Waals surface area contributed by atoms with Gasteiger partial charge in [-0.05, 0) is 98.7 Å². The first kappa shape index (κ1) is 18.8. The van der Waals surface area contributed by atoms with Crippen LogP contribution in [0.4, 0.5) is 0 Å². The molecule has 1 N–H and O–H groups in total. The first-order chi connectivity index (χ1) is 13.0. The third-order valence-corrected chi connectivity index (χ3v) is 7.81. The normalized spacial score (nSPS) is 33.5. The number of carbonyl (C=O) groups excluding carboxylic acids is 1. The Kier molecular flexibility index (Phi) is 5.22. The number of nitrogens with one attached hydrogen (secondary N) is 1. The van der Waals surface area contributed by atoms with E-state index >= 15 is 0 Å². The largest absolute Gasteiger partial charge is 0.484 e. The van der Waals surface area contributed by atoms with Crippen LogP contribution in [-0.2, 0) is 4.79 Å². The highest BCUT2D eigenvalue weighted by Gasteiger charge is 2.53. The van der Waals surface area contributed by atoms with Crippen LogP contribution in [0.2, 0.25) is 0 Å². The van der Waals surface area contributed by atoms with E-state index in [1.807, 2.05) is 12.1 Å². The maximum atomic E-state index is 12.5. The summed E-state index contributed by atoms with van der Waals surface area (Å²) >= 11 is 0. The third kappa shape index (κ3) is 3.88. The van der Waals surface area contributed by atoms with Gasteiger partial charge in [0.25, 0.3) is 5.91 Å². The Hall–Kier alpha value is -1.51. The standard InChI is InChI=1S/C24H35NO2/c1-4-16(2)21-5-7-22(8-6-21)27-15-23(26)25-17(3)24-12-18-9-19(13-24)11-20(10-18)14-24/h5-8,16-20H,4,9-15H2,1-3H3,(H,25,26)/t16-,17+,18?,19?,20?,24?/m1/s1. The molecule has 4 saturated carbocycles. The first-order valence-electron chi connectivity index (χ1n) is 11.0. The Morgan fingerprint density at radius 3 is 2.15 bits per heavy atom. The molecule has 1 aromatic carbocycles. The lowest BCUT2D eigenvalue weighted by molar-refractivity contribution is -0.127. The fraction of sp³-hybridized carbons (Fsp3) is 0.708. The van der Waals surface area contributed by atoms with Crippen molar-refractivity contribution in [2.45, 2.75) is 77.7 Å². The van der Waals surface area contributed by atoms with E-state index in [0.717, 1.165) is 29.9 Å². The van der Waals surface area contributed by atoms with Crippen molar-refractivity contribution in [3.63, 3.8) is 0 Å². The summed E-state index contributed by atoms with van der Waals surface area (Å²) in [4.78, 5) is 12.5. The van der Waals surface area contributed by atoms with Crippen LogP contribution in [0.1, 0.15) is 77.2 Å². The monoisotopic (exact) mass is 369 g/mol. The summed E-state index contributed by atoms with van der Waals surface area (Å²) < 4.78 is 5.74. The van der Waals surface area contributed by atoms with Crippen molar-refractivity contribution in [3.05, 3.63) is 29.8 Å². The van der Waals surface area contributed by atoms with E-state index < -0.39 is 0 Å². The fourth-order valence-electron chi connectivity index (χ4n) is 6.42. The Morgan fingerprint density at radius 1 is 1.07 bits per heavy atom. The summed E-state index contributed by atoms with van der Waals surface area (Å²) in [6, 6.07) is 8.45. The predicted octanol–water partition coefficient (Wildman–Crippen LogP) is 5.30. The molecular weight excluding hydrogens is 334 g/mol. The average molecular weight is 370 g/mol. The molecule has 0 aliphatic heterocycles. The van der Waals surface area contributed by atoms with Gasteiger partial charge in [-0.15, -0.1) is 0 Å². The molecule has 0 aromatic heterocycles. The zero-order valence-corrected chi connectivity index (χ0v) is 17.2. The first-order valence-corrected chi connectivity index (χ1v) is 11.0. The van der Waals surface area contributed by atoms with Gasteiger partial charge in [0.1, 0.15) is 5.75 Å². The minimum atomic E-state index is 0.0178. The van der Waals surface area contributed by atoms with Gasteiger partial charge >= 0.3 is 0 Å². The molecule has 1 amide bonds. The Morgan fingerprint density at radius 2 is 1.63 bits per heavy atom. The second-order valence-electron chi connectivity index (χ2n) is 9.74. The van der Waals surface area contributed by atoms with Gasteiger partial charge in [0, 0.05) is 6.04 Å². The molecule has 0 spiro atoms. The number of carbonyl (C=O) groups is 1. The second kappa shape index (κ2) is 7.48. The molecule has 3 nitrogen and oxygen atoms in total. The average Bonchev–Trinajstić information content (AvgIpc) is 2.65. The summed E-state index contributed by atoms with van der Waals surface area (Å²) in [6.45, 7) is 6.77. The molecule has 5 rings (SSSR count). The van der Waals surface area contributed by atoms with Crippen LogP contribution in [0.25, 0.3) is 0 Å². The van der Waals surface area contributed by atoms with Gasteiger partial charge in [-0.3, -0.25) is 4.79 Å². The summed E-state index contributed by atoms with van der Waals surface area (Å²) in [7, 11) is 0. The van der Waals surface area contributed by atoms with Crippen LogP contribution in [0.3, 0.4) is 0 Å². The smallest absolute Gasteiger partial charge is 0.258 e. The van der Waals surface area contributed by atoms with Crippen molar-refractivity contribution in [2.75, 3.05) is 6.61 Å². The topological polar surface area (TPSA) is 38.3 Å². The van der Waals surface area contributed by atoms with Gasteiger partial charge in [0.2, 0.25) is 0 Å². The summed E-state index contributed by atoms with van der Waals surface area (Å²) in [5, 5.41) is 3.28. The molecule has 2 atom stereocenters. The van der Waals surface area contributed by atoms with Crippen LogP contribution in [-0.4, -0.2) is 18.6 Å². The molecule has 0 saturated heterocycles. The number of amides is 1. The van der Waals surface area contributed by atoms with E-state index in [-0.39, 0.29) is 18.6 Å². The Balaban J connectivity index is 1.29. The summed E-state index contributed by atoms with van der Waals surface area (Å²) in [5.41, 5.74) is 1.67. The lowest BCUT2D eigenvalue weighted by Crippen LogP contribution is -2.56. The molecule has 4 bridgehead atoms. The highest BCUT2D eigenvalue weighted by Crippen LogP contribution is 2.61. The van der Waals surface area contributed by atoms with E-state index in [0.29, 0.717) is 11.3 Å². The van der Waals surface area contributed by atoms with Gasteiger partial charge in [0.15, 0.2) is 6.61 Å². The van der Waals surface area contributed by atoms with Crippen molar-refractivity contribution >= 4 is 5.91 Å². The lowest BCUT2D eigenvalue weighted by Gasteiger charge is -2.59. The van der Waals surface area contributed by atoms with Crippen molar-refractivity contribution in [1.82, 2.24) is 5.32 Å². The Bertz CT molecular complexity index is 630. The SMILES string of the molecule is CC[C@@H](C)c1ccc(OCC(=O)N[C@@H](C)C23CC4CC(CC(C4)C2)C3)cc1. The Labute approximate surface area is 164 Å². The van der Waals surface area contributed by atoms with Crippen LogP contribution in [0.15, 0.2) is 24.3 Å². The van der Waals surface area contributed by atoms with Gasteiger partial charge in [-0.2, -0.15) is 0 Å². The quantitative estimate of drug-likeness (QED) is 0.708. The zero-order valence-electron chi connectivity index (χ0n) is 17.2. The summed E-state index contributed by atoms with van der Waals surface area (Å²) in [5.74, 6) is 4.09. The van der Waals surface area contributed by atoms with E-state index in [1.54, 1.807) is 0 Å². The molecular formula is C24H35NO2. The number of benzene rings is 1. The molecule has 148 valence electrons. The van der Waals surface area contributed by atoms with E-state index in [4.69, 9.17) is 4.74 Å². The van der Waals surface area contributed by atoms with E-state index in [2.05, 4.69) is 38.2 Å². The number of hydrogen-bond donors (Lipinski definition) is 1. The molecule has 0 heterocycles. The molecule has 1 aromatic rings. The van der Waals surface area contributed by atoms with Gasteiger partial charge in [-0.25, -0.2) is 0 Å². The van der Waals surface area contributed by atoms with Gasteiger partial charge in [0.05, 0.1) is 0 Å². The lowest BCUT2D eigenvalue weighted by atomic mass is 9.48. The molecule has 0 radical (unpaired) electrons.